The van der Waals surface area contributed by atoms with Gasteiger partial charge in [0.05, 0.1) is 16.3 Å². The van der Waals surface area contributed by atoms with Gasteiger partial charge in [-0.3, -0.25) is 0 Å². The van der Waals surface area contributed by atoms with Gasteiger partial charge >= 0.3 is 0 Å². The Morgan fingerprint density at radius 3 is 2.69 bits per heavy atom. The highest BCUT2D eigenvalue weighted by molar-refractivity contribution is 7.99. The second-order valence-electron chi connectivity index (χ2n) is 6.16. The molecule has 4 aromatic rings. The molecule has 0 aliphatic heterocycles. The minimum atomic E-state index is 0.118. The normalized spacial score (nSPS) is 12.6. The van der Waals surface area contributed by atoms with Crippen molar-refractivity contribution in [2.24, 2.45) is 7.05 Å². The van der Waals surface area contributed by atoms with Crippen LogP contribution >= 0.6 is 23.4 Å². The van der Waals surface area contributed by atoms with Crippen molar-refractivity contribution in [1.29, 1.82) is 0 Å². The number of hydrogen-bond acceptors (Lipinski definition) is 4. The van der Waals surface area contributed by atoms with Gasteiger partial charge in [0.1, 0.15) is 12.2 Å². The molecule has 0 fully saturated rings. The first-order valence-electron chi connectivity index (χ1n) is 8.32. The Kier molecular flexibility index (Phi) is 4.70. The van der Waals surface area contributed by atoms with Crippen LogP contribution in [0.1, 0.15) is 23.6 Å². The van der Waals surface area contributed by atoms with Crippen molar-refractivity contribution in [3.05, 3.63) is 71.3 Å². The molecule has 1 atom stereocenters. The van der Waals surface area contributed by atoms with Crippen LogP contribution in [0.3, 0.4) is 0 Å². The lowest BCUT2D eigenvalue weighted by atomic mass is 10.2. The van der Waals surface area contributed by atoms with E-state index in [1.165, 1.54) is 5.56 Å². The Morgan fingerprint density at radius 1 is 1.15 bits per heavy atom. The van der Waals surface area contributed by atoms with Gasteiger partial charge < -0.3 is 9.13 Å². The van der Waals surface area contributed by atoms with Crippen LogP contribution in [-0.4, -0.2) is 24.3 Å². The van der Waals surface area contributed by atoms with Crippen molar-refractivity contribution in [3.63, 3.8) is 0 Å². The lowest BCUT2D eigenvalue weighted by molar-refractivity contribution is 0.737. The summed E-state index contributed by atoms with van der Waals surface area (Å²) in [5.41, 5.74) is 3.23. The first kappa shape index (κ1) is 17.1. The van der Waals surface area contributed by atoms with Crippen LogP contribution in [0.15, 0.2) is 60.0 Å². The van der Waals surface area contributed by atoms with Crippen molar-refractivity contribution in [2.45, 2.75) is 23.9 Å². The second-order valence-corrected chi connectivity index (χ2v) is 7.90. The Balaban J connectivity index is 1.77. The van der Waals surface area contributed by atoms with E-state index in [1.54, 1.807) is 18.1 Å². The summed E-state index contributed by atoms with van der Waals surface area (Å²) in [7, 11) is 1.95. The minimum absolute atomic E-state index is 0.118. The number of halogens is 1. The highest BCUT2D eigenvalue weighted by Gasteiger charge is 2.20. The van der Waals surface area contributed by atoms with E-state index in [9.17, 15) is 0 Å². The number of aryl methyl sites for hydroxylation is 1. The van der Waals surface area contributed by atoms with Gasteiger partial charge in [0, 0.05) is 18.6 Å². The van der Waals surface area contributed by atoms with E-state index in [0.717, 1.165) is 28.6 Å². The summed E-state index contributed by atoms with van der Waals surface area (Å²) in [5.74, 6) is 0.999. The van der Waals surface area contributed by atoms with E-state index >= 15 is 0 Å². The zero-order valence-corrected chi connectivity index (χ0v) is 16.1. The van der Waals surface area contributed by atoms with Gasteiger partial charge in [0.2, 0.25) is 0 Å². The van der Waals surface area contributed by atoms with E-state index in [1.807, 2.05) is 35.9 Å². The first-order chi connectivity index (χ1) is 12.6. The highest BCUT2D eigenvalue weighted by Crippen LogP contribution is 2.35. The minimum Gasteiger partial charge on any atom is -0.323 e. The number of benzene rings is 2. The summed E-state index contributed by atoms with van der Waals surface area (Å²) in [6.07, 6.45) is 1.71. The molecule has 2 aromatic heterocycles. The average molecular weight is 384 g/mol. The van der Waals surface area contributed by atoms with Crippen LogP contribution in [0, 0.1) is 0 Å². The third-order valence-electron chi connectivity index (χ3n) is 4.24. The molecule has 0 radical (unpaired) electrons. The standard InChI is InChI=1S/C19H18ClN5S/c1-13(26-19-23-21-12-24(19)2)18-22-16-10-15(20)8-9-17(16)25(18)11-14-6-4-3-5-7-14/h3-10,12-13H,11H2,1-2H3. The molecule has 4 rings (SSSR count). The molecule has 0 bridgehead atoms. The molecule has 0 aliphatic carbocycles. The van der Waals surface area contributed by atoms with Gasteiger partial charge in [0.15, 0.2) is 5.16 Å². The lowest BCUT2D eigenvalue weighted by Gasteiger charge is -2.14. The Bertz CT molecular complexity index is 1040. The topological polar surface area (TPSA) is 48.5 Å². The quantitative estimate of drug-likeness (QED) is 0.468. The zero-order chi connectivity index (χ0) is 18.1. The Morgan fingerprint density at radius 2 is 1.96 bits per heavy atom. The largest absolute Gasteiger partial charge is 0.323 e. The van der Waals surface area contributed by atoms with E-state index in [-0.39, 0.29) is 5.25 Å². The fraction of sp³-hybridized carbons (Fsp3) is 0.211. The number of aromatic nitrogens is 5. The van der Waals surface area contributed by atoms with Crippen LogP contribution in [0.2, 0.25) is 5.02 Å². The molecule has 5 nitrogen and oxygen atoms in total. The fourth-order valence-corrected chi connectivity index (χ4v) is 4.03. The van der Waals surface area contributed by atoms with Crippen molar-refractivity contribution in [3.8, 4) is 0 Å². The van der Waals surface area contributed by atoms with Gasteiger partial charge in [-0.15, -0.1) is 10.2 Å². The zero-order valence-electron chi connectivity index (χ0n) is 14.5. The van der Waals surface area contributed by atoms with Crippen molar-refractivity contribution < 1.29 is 0 Å². The molecule has 26 heavy (non-hydrogen) atoms. The smallest absolute Gasteiger partial charge is 0.191 e. The van der Waals surface area contributed by atoms with E-state index in [2.05, 4.69) is 46.0 Å². The summed E-state index contributed by atoms with van der Waals surface area (Å²) >= 11 is 7.83. The van der Waals surface area contributed by atoms with Crippen molar-refractivity contribution in [1.82, 2.24) is 24.3 Å². The predicted octanol–water partition coefficient (Wildman–Crippen LogP) is 4.72. The number of fused-ring (bicyclic) bond motifs is 1. The van der Waals surface area contributed by atoms with Crippen LogP contribution in [0.25, 0.3) is 11.0 Å². The molecule has 132 valence electrons. The summed E-state index contributed by atoms with van der Waals surface area (Å²) < 4.78 is 4.18. The summed E-state index contributed by atoms with van der Waals surface area (Å²) in [5, 5.41) is 9.83. The van der Waals surface area contributed by atoms with Gasteiger partial charge in [-0.1, -0.05) is 53.7 Å². The van der Waals surface area contributed by atoms with Gasteiger partial charge in [0.25, 0.3) is 0 Å². The van der Waals surface area contributed by atoms with Crippen LogP contribution in [-0.2, 0) is 13.6 Å². The van der Waals surface area contributed by atoms with E-state index in [4.69, 9.17) is 16.6 Å². The second kappa shape index (κ2) is 7.13. The maximum absolute atomic E-state index is 6.18. The van der Waals surface area contributed by atoms with Crippen LogP contribution < -0.4 is 0 Å². The first-order valence-corrected chi connectivity index (χ1v) is 9.58. The highest BCUT2D eigenvalue weighted by atomic mass is 35.5. The number of rotatable bonds is 5. The van der Waals surface area contributed by atoms with Crippen LogP contribution in [0.4, 0.5) is 0 Å². The molecule has 2 aromatic carbocycles. The number of hydrogen-bond donors (Lipinski definition) is 0. The number of imidazole rings is 1. The fourth-order valence-electron chi connectivity index (χ4n) is 2.95. The van der Waals surface area contributed by atoms with Crippen molar-refractivity contribution >= 4 is 34.4 Å². The molecule has 0 aliphatic rings. The molecular formula is C19H18ClN5S. The van der Waals surface area contributed by atoms with Gasteiger partial charge in [-0.05, 0) is 30.7 Å². The molecule has 0 saturated heterocycles. The van der Waals surface area contributed by atoms with E-state index < -0.39 is 0 Å². The summed E-state index contributed by atoms with van der Waals surface area (Å²) in [6.45, 7) is 2.90. The Hall–Kier alpha value is -2.31. The summed E-state index contributed by atoms with van der Waals surface area (Å²) in [4.78, 5) is 4.88. The van der Waals surface area contributed by atoms with Crippen LogP contribution in [0.5, 0.6) is 0 Å². The maximum Gasteiger partial charge on any atom is 0.191 e. The van der Waals surface area contributed by atoms with E-state index in [0.29, 0.717) is 5.02 Å². The SMILES string of the molecule is CC(Sc1nncn1C)c1nc2cc(Cl)ccc2n1Cc1ccccc1. The lowest BCUT2D eigenvalue weighted by Crippen LogP contribution is -2.07. The average Bonchev–Trinajstić information content (AvgIpc) is 3.19. The number of nitrogens with zero attached hydrogens (tertiary/aromatic N) is 5. The molecule has 0 N–H and O–H groups in total. The molecule has 7 heteroatoms. The monoisotopic (exact) mass is 383 g/mol. The molecule has 0 saturated carbocycles. The molecule has 1 unspecified atom stereocenters. The predicted molar refractivity (Wildman–Crippen MR) is 106 cm³/mol. The third kappa shape index (κ3) is 3.34. The molecular weight excluding hydrogens is 366 g/mol. The number of thioether (sulfide) groups is 1. The Labute approximate surface area is 161 Å². The maximum atomic E-state index is 6.18. The molecule has 0 amide bonds. The molecule has 0 spiro atoms. The van der Waals surface area contributed by atoms with Gasteiger partial charge in [-0.25, -0.2) is 4.98 Å². The van der Waals surface area contributed by atoms with Crippen molar-refractivity contribution in [2.75, 3.05) is 0 Å². The third-order valence-corrected chi connectivity index (χ3v) is 5.62. The summed E-state index contributed by atoms with van der Waals surface area (Å²) in [6, 6.07) is 16.3. The molecule has 2 heterocycles. The van der Waals surface area contributed by atoms with Gasteiger partial charge in [-0.2, -0.15) is 0 Å².